The zero-order valence-electron chi connectivity index (χ0n) is 13.2. The summed E-state index contributed by atoms with van der Waals surface area (Å²) in [4.78, 5) is 13.6. The molecule has 2 aromatic carbocycles. The number of thioether (sulfide) groups is 1. The number of hydrogen-bond donors (Lipinski definition) is 1. The van der Waals surface area contributed by atoms with E-state index in [1.54, 1.807) is 36.0 Å². The number of halogens is 1. The van der Waals surface area contributed by atoms with Gasteiger partial charge in [0, 0.05) is 9.92 Å². The first-order chi connectivity index (χ1) is 11.1. The Hall–Kier alpha value is -1.65. The molecule has 0 saturated carbocycles. The largest absolute Gasteiger partial charge is 0.481 e. The van der Waals surface area contributed by atoms with Gasteiger partial charge in [0.15, 0.2) is 6.10 Å². The van der Waals surface area contributed by atoms with Gasteiger partial charge in [-0.05, 0) is 42.5 Å². The number of para-hydroxylation sites is 1. The first-order valence-electron chi connectivity index (χ1n) is 7.59. The standard InChI is InChI=1S/C18H20ClNO2S/c1-3-16(22-14-9-7-8-13(19)12-14)18(21)20-15-10-5-6-11-17(15)23-4-2/h5-12,16H,3-4H2,1-2H3,(H,20,21)/t16-/m0/s1. The number of ether oxygens (including phenoxy) is 1. The fraction of sp³-hybridized carbons (Fsp3) is 0.278. The van der Waals surface area contributed by atoms with Crippen LogP contribution in [0.3, 0.4) is 0 Å². The molecule has 122 valence electrons. The first-order valence-corrected chi connectivity index (χ1v) is 8.95. The Labute approximate surface area is 146 Å². The minimum absolute atomic E-state index is 0.156. The number of anilines is 1. The number of carbonyl (C=O) groups is 1. The summed E-state index contributed by atoms with van der Waals surface area (Å²) in [5, 5.41) is 3.55. The van der Waals surface area contributed by atoms with E-state index in [2.05, 4.69) is 12.2 Å². The highest BCUT2D eigenvalue weighted by Crippen LogP contribution is 2.27. The summed E-state index contributed by atoms with van der Waals surface area (Å²) >= 11 is 7.65. The van der Waals surface area contributed by atoms with Gasteiger partial charge in [0.1, 0.15) is 5.75 Å². The molecule has 0 fully saturated rings. The van der Waals surface area contributed by atoms with Crippen molar-refractivity contribution in [3.63, 3.8) is 0 Å². The van der Waals surface area contributed by atoms with Gasteiger partial charge in [-0.15, -0.1) is 11.8 Å². The van der Waals surface area contributed by atoms with Crippen molar-refractivity contribution < 1.29 is 9.53 Å². The highest BCUT2D eigenvalue weighted by Gasteiger charge is 2.19. The van der Waals surface area contributed by atoms with E-state index in [9.17, 15) is 4.79 Å². The van der Waals surface area contributed by atoms with Crippen molar-refractivity contribution in [1.29, 1.82) is 0 Å². The fourth-order valence-corrected chi connectivity index (χ4v) is 3.03. The molecule has 0 radical (unpaired) electrons. The molecule has 2 rings (SSSR count). The summed E-state index contributed by atoms with van der Waals surface area (Å²) in [6.07, 6.45) is 0.00897. The molecule has 3 nitrogen and oxygen atoms in total. The number of nitrogens with one attached hydrogen (secondary N) is 1. The van der Waals surface area contributed by atoms with Crippen LogP contribution in [0.15, 0.2) is 53.4 Å². The average Bonchev–Trinajstić information content (AvgIpc) is 2.54. The average molecular weight is 350 g/mol. The SMILES string of the molecule is CCSc1ccccc1NC(=O)[C@H](CC)Oc1cccc(Cl)c1. The maximum Gasteiger partial charge on any atom is 0.265 e. The molecule has 0 heterocycles. The Bertz CT molecular complexity index is 663. The van der Waals surface area contributed by atoms with Gasteiger partial charge < -0.3 is 10.1 Å². The van der Waals surface area contributed by atoms with Crippen molar-refractivity contribution in [2.24, 2.45) is 0 Å². The van der Waals surface area contributed by atoms with Crippen LogP contribution in [0.25, 0.3) is 0 Å². The monoisotopic (exact) mass is 349 g/mol. The molecule has 5 heteroatoms. The molecule has 2 aromatic rings. The maximum atomic E-state index is 12.5. The summed E-state index contributed by atoms with van der Waals surface area (Å²) in [6, 6.07) is 14.9. The van der Waals surface area contributed by atoms with Gasteiger partial charge in [-0.25, -0.2) is 0 Å². The molecule has 0 unspecified atom stereocenters. The summed E-state index contributed by atoms with van der Waals surface area (Å²) in [5.41, 5.74) is 0.817. The zero-order valence-corrected chi connectivity index (χ0v) is 14.8. The van der Waals surface area contributed by atoms with Gasteiger partial charge in [-0.1, -0.05) is 43.6 Å². The predicted octanol–water partition coefficient (Wildman–Crippen LogP) is 5.25. The molecule has 0 aliphatic rings. The topological polar surface area (TPSA) is 38.3 Å². The van der Waals surface area contributed by atoms with Gasteiger partial charge in [0.2, 0.25) is 0 Å². The van der Waals surface area contributed by atoms with E-state index in [-0.39, 0.29) is 5.91 Å². The molecule has 0 aliphatic heterocycles. The van der Waals surface area contributed by atoms with Crippen molar-refractivity contribution in [3.05, 3.63) is 53.6 Å². The van der Waals surface area contributed by atoms with E-state index < -0.39 is 6.10 Å². The quantitative estimate of drug-likeness (QED) is 0.694. The van der Waals surface area contributed by atoms with Crippen molar-refractivity contribution >= 4 is 35.0 Å². The van der Waals surface area contributed by atoms with Crippen LogP contribution < -0.4 is 10.1 Å². The molecule has 0 saturated heterocycles. The number of carbonyl (C=O) groups excluding carboxylic acids is 1. The molecular weight excluding hydrogens is 330 g/mol. The van der Waals surface area contributed by atoms with Crippen LogP contribution in [-0.4, -0.2) is 17.8 Å². The lowest BCUT2D eigenvalue weighted by Crippen LogP contribution is -2.32. The normalized spacial score (nSPS) is 11.8. The van der Waals surface area contributed by atoms with Gasteiger partial charge in [-0.3, -0.25) is 4.79 Å². The van der Waals surface area contributed by atoms with Crippen molar-refractivity contribution in [1.82, 2.24) is 0 Å². The highest BCUT2D eigenvalue weighted by atomic mass is 35.5. The maximum absolute atomic E-state index is 12.5. The fourth-order valence-electron chi connectivity index (χ4n) is 2.09. The van der Waals surface area contributed by atoms with E-state index in [0.29, 0.717) is 17.2 Å². The molecule has 0 spiro atoms. The Morgan fingerprint density at radius 1 is 1.22 bits per heavy atom. The van der Waals surface area contributed by atoms with Crippen molar-refractivity contribution in [2.75, 3.05) is 11.1 Å². The van der Waals surface area contributed by atoms with Crippen LogP contribution in [0, 0.1) is 0 Å². The molecule has 23 heavy (non-hydrogen) atoms. The molecule has 0 aliphatic carbocycles. The zero-order chi connectivity index (χ0) is 16.7. The second-order valence-electron chi connectivity index (χ2n) is 4.89. The molecular formula is C18H20ClNO2S. The number of amides is 1. The van der Waals surface area contributed by atoms with Crippen LogP contribution in [-0.2, 0) is 4.79 Å². The lowest BCUT2D eigenvalue weighted by atomic mass is 10.2. The second kappa shape index (κ2) is 8.85. The van der Waals surface area contributed by atoms with Gasteiger partial charge >= 0.3 is 0 Å². The van der Waals surface area contributed by atoms with E-state index in [1.807, 2.05) is 31.2 Å². The third-order valence-corrected chi connectivity index (χ3v) is 4.37. The third-order valence-electron chi connectivity index (χ3n) is 3.18. The van der Waals surface area contributed by atoms with Crippen molar-refractivity contribution in [2.45, 2.75) is 31.3 Å². The van der Waals surface area contributed by atoms with Crippen LogP contribution in [0.5, 0.6) is 5.75 Å². The molecule has 0 bridgehead atoms. The minimum Gasteiger partial charge on any atom is -0.481 e. The summed E-state index contributed by atoms with van der Waals surface area (Å²) in [7, 11) is 0. The van der Waals surface area contributed by atoms with Crippen LogP contribution >= 0.6 is 23.4 Å². The van der Waals surface area contributed by atoms with Gasteiger partial charge in [-0.2, -0.15) is 0 Å². The van der Waals surface area contributed by atoms with Gasteiger partial charge in [0.25, 0.3) is 5.91 Å². The molecule has 0 aromatic heterocycles. The second-order valence-corrected chi connectivity index (χ2v) is 6.63. The van der Waals surface area contributed by atoms with Gasteiger partial charge in [0.05, 0.1) is 5.69 Å². The van der Waals surface area contributed by atoms with E-state index in [4.69, 9.17) is 16.3 Å². The highest BCUT2D eigenvalue weighted by molar-refractivity contribution is 7.99. The van der Waals surface area contributed by atoms with E-state index >= 15 is 0 Å². The predicted molar refractivity (Wildman–Crippen MR) is 97.6 cm³/mol. The third kappa shape index (κ3) is 5.19. The van der Waals surface area contributed by atoms with Crippen LogP contribution in [0.1, 0.15) is 20.3 Å². The number of rotatable bonds is 7. The molecule has 1 atom stereocenters. The van der Waals surface area contributed by atoms with E-state index in [0.717, 1.165) is 16.3 Å². The lowest BCUT2D eigenvalue weighted by Gasteiger charge is -2.18. The minimum atomic E-state index is -0.562. The van der Waals surface area contributed by atoms with Crippen LogP contribution in [0.2, 0.25) is 5.02 Å². The summed E-state index contributed by atoms with van der Waals surface area (Å²) in [5.74, 6) is 1.38. The smallest absolute Gasteiger partial charge is 0.265 e. The first kappa shape index (κ1) is 17.7. The van der Waals surface area contributed by atoms with Crippen molar-refractivity contribution in [3.8, 4) is 5.75 Å². The number of hydrogen-bond acceptors (Lipinski definition) is 3. The summed E-state index contributed by atoms with van der Waals surface area (Å²) in [6.45, 7) is 4.00. The molecule has 1 amide bonds. The summed E-state index contributed by atoms with van der Waals surface area (Å²) < 4.78 is 5.78. The number of benzene rings is 2. The molecule has 1 N–H and O–H groups in total. The Kier molecular flexibility index (Phi) is 6.81. The Balaban J connectivity index is 2.08. The van der Waals surface area contributed by atoms with Crippen LogP contribution in [0.4, 0.5) is 5.69 Å². The van der Waals surface area contributed by atoms with E-state index in [1.165, 1.54) is 0 Å². The Morgan fingerprint density at radius 3 is 2.70 bits per heavy atom. The Morgan fingerprint density at radius 2 is 2.00 bits per heavy atom. The lowest BCUT2D eigenvalue weighted by molar-refractivity contribution is -0.122.